The first kappa shape index (κ1) is 17.4. The summed E-state index contributed by atoms with van der Waals surface area (Å²) in [6.45, 7) is 16.8. The second-order valence-corrected chi connectivity index (χ2v) is 6.96. The number of hydrogen-bond donors (Lipinski definition) is 0. The third-order valence-corrected chi connectivity index (χ3v) is 5.11. The molecule has 2 unspecified atom stereocenters. The van der Waals surface area contributed by atoms with Crippen molar-refractivity contribution in [2.24, 2.45) is 11.8 Å². The van der Waals surface area contributed by atoms with Crippen LogP contribution in [0.5, 0.6) is 0 Å². The fourth-order valence-electron chi connectivity index (χ4n) is 3.90. The molecule has 122 valence electrons. The molecule has 0 bridgehead atoms. The quantitative estimate of drug-likeness (QED) is 0.506. The maximum atomic E-state index is 5.70. The van der Waals surface area contributed by atoms with E-state index >= 15 is 0 Å². The van der Waals surface area contributed by atoms with E-state index in [2.05, 4.69) is 50.8 Å². The number of terminal acetylenes is 1. The Balaban J connectivity index is 2.42. The fourth-order valence-corrected chi connectivity index (χ4v) is 3.90. The predicted octanol–water partition coefficient (Wildman–Crippen LogP) is 5.26. The van der Waals surface area contributed by atoms with Gasteiger partial charge in [0.1, 0.15) is 0 Å². The van der Waals surface area contributed by atoms with Crippen LogP contribution in [0.3, 0.4) is 0 Å². The Bertz CT molecular complexity index is 621. The monoisotopic (exact) mass is 307 g/mol. The highest BCUT2D eigenvalue weighted by atomic mass is 15.1. The summed E-state index contributed by atoms with van der Waals surface area (Å²) in [6, 6.07) is 0. The van der Waals surface area contributed by atoms with Crippen molar-refractivity contribution in [2.75, 3.05) is 13.1 Å². The van der Waals surface area contributed by atoms with Gasteiger partial charge in [-0.05, 0) is 56.1 Å². The summed E-state index contributed by atoms with van der Waals surface area (Å²) < 4.78 is 0. The van der Waals surface area contributed by atoms with Gasteiger partial charge < -0.3 is 4.90 Å². The summed E-state index contributed by atoms with van der Waals surface area (Å²) in [4.78, 5) is 2.44. The predicted molar refractivity (Wildman–Crippen MR) is 101 cm³/mol. The van der Waals surface area contributed by atoms with Gasteiger partial charge in [-0.1, -0.05) is 49.8 Å². The highest BCUT2D eigenvalue weighted by molar-refractivity contribution is 5.53. The first-order chi connectivity index (χ1) is 11.0. The molecule has 0 spiro atoms. The minimum absolute atomic E-state index is 0.592. The molecule has 1 fully saturated rings. The third kappa shape index (κ3) is 3.88. The van der Waals surface area contributed by atoms with Crippen molar-refractivity contribution >= 4 is 0 Å². The molecule has 2 rings (SSSR count). The normalized spacial score (nSPS) is 25.7. The number of rotatable bonds is 4. The Hall–Kier alpha value is -1.94. The van der Waals surface area contributed by atoms with Crippen LogP contribution < -0.4 is 0 Å². The van der Waals surface area contributed by atoms with Gasteiger partial charge in [0, 0.05) is 24.4 Å². The molecule has 1 heterocycles. The Morgan fingerprint density at radius 2 is 2.09 bits per heavy atom. The molecule has 1 saturated heterocycles. The van der Waals surface area contributed by atoms with Crippen molar-refractivity contribution in [1.29, 1.82) is 0 Å². The van der Waals surface area contributed by atoms with Gasteiger partial charge in [0.25, 0.3) is 0 Å². The largest absolute Gasteiger partial charge is 0.375 e. The van der Waals surface area contributed by atoms with Gasteiger partial charge in [-0.25, -0.2) is 0 Å². The molecular formula is C22H29N. The van der Waals surface area contributed by atoms with E-state index in [0.29, 0.717) is 11.8 Å². The second kappa shape index (κ2) is 7.55. The van der Waals surface area contributed by atoms with E-state index in [1.807, 2.05) is 12.2 Å². The SMILES string of the molecule is C#CC1=C(C)C(/C=C\C=C)=C(C2CC(C)CN(C(=C)C)C2)CC1. The number of hydrogen-bond acceptors (Lipinski definition) is 1. The lowest BCUT2D eigenvalue weighted by molar-refractivity contribution is 0.184. The Morgan fingerprint density at radius 1 is 1.35 bits per heavy atom. The number of piperidine rings is 1. The second-order valence-electron chi connectivity index (χ2n) is 6.96. The Labute approximate surface area is 142 Å². The van der Waals surface area contributed by atoms with Gasteiger partial charge in [-0.15, -0.1) is 6.42 Å². The molecule has 1 nitrogen and oxygen atoms in total. The lowest BCUT2D eigenvalue weighted by atomic mass is 9.76. The summed E-state index contributed by atoms with van der Waals surface area (Å²) in [6.07, 6.45) is 15.1. The lowest BCUT2D eigenvalue weighted by Gasteiger charge is -2.40. The van der Waals surface area contributed by atoms with Crippen LogP contribution in [0.25, 0.3) is 0 Å². The summed E-state index contributed by atoms with van der Waals surface area (Å²) >= 11 is 0. The van der Waals surface area contributed by atoms with Gasteiger partial charge in [-0.2, -0.15) is 0 Å². The van der Waals surface area contributed by atoms with Crippen LogP contribution in [-0.2, 0) is 0 Å². The zero-order valence-electron chi connectivity index (χ0n) is 14.9. The molecule has 0 aromatic carbocycles. The molecule has 2 aliphatic rings. The van der Waals surface area contributed by atoms with Crippen LogP contribution in [0.15, 0.2) is 59.4 Å². The van der Waals surface area contributed by atoms with Gasteiger partial charge in [0.15, 0.2) is 0 Å². The summed E-state index contributed by atoms with van der Waals surface area (Å²) in [5, 5.41) is 0. The van der Waals surface area contributed by atoms with Crippen LogP contribution in [-0.4, -0.2) is 18.0 Å². The Morgan fingerprint density at radius 3 is 2.70 bits per heavy atom. The first-order valence-corrected chi connectivity index (χ1v) is 8.57. The van der Waals surface area contributed by atoms with Gasteiger partial charge in [-0.3, -0.25) is 0 Å². The molecule has 1 heteroatoms. The van der Waals surface area contributed by atoms with Crippen molar-refractivity contribution in [2.45, 2.75) is 40.0 Å². The molecule has 1 aliphatic heterocycles. The van der Waals surface area contributed by atoms with E-state index in [-0.39, 0.29) is 0 Å². The summed E-state index contributed by atoms with van der Waals surface area (Å²) in [5.41, 5.74) is 6.50. The highest BCUT2D eigenvalue weighted by Gasteiger charge is 2.30. The van der Waals surface area contributed by atoms with Crippen LogP contribution >= 0.6 is 0 Å². The molecule has 1 aliphatic carbocycles. The molecule has 0 aromatic heterocycles. The third-order valence-electron chi connectivity index (χ3n) is 5.11. The average Bonchev–Trinajstić information content (AvgIpc) is 2.52. The maximum absolute atomic E-state index is 5.70. The van der Waals surface area contributed by atoms with Crippen LogP contribution in [0.4, 0.5) is 0 Å². The van der Waals surface area contributed by atoms with Crippen molar-refractivity contribution in [1.82, 2.24) is 4.90 Å². The maximum Gasteiger partial charge on any atom is 0.0240 e. The highest BCUT2D eigenvalue weighted by Crippen LogP contribution is 2.39. The molecular weight excluding hydrogens is 278 g/mol. The van der Waals surface area contributed by atoms with Crippen LogP contribution in [0, 0.1) is 24.2 Å². The zero-order valence-corrected chi connectivity index (χ0v) is 14.9. The van der Waals surface area contributed by atoms with E-state index in [0.717, 1.165) is 31.5 Å². The smallest absolute Gasteiger partial charge is 0.0240 e. The minimum atomic E-state index is 0.592. The van der Waals surface area contributed by atoms with E-state index < -0.39 is 0 Å². The molecule has 0 N–H and O–H groups in total. The van der Waals surface area contributed by atoms with Gasteiger partial charge in [0.05, 0.1) is 0 Å². The van der Waals surface area contributed by atoms with Crippen molar-refractivity contribution in [3.05, 3.63) is 59.4 Å². The molecule has 0 radical (unpaired) electrons. The van der Waals surface area contributed by atoms with E-state index in [1.54, 1.807) is 5.57 Å². The van der Waals surface area contributed by atoms with Crippen LogP contribution in [0.2, 0.25) is 0 Å². The number of likely N-dealkylation sites (tertiary alicyclic amines) is 1. The summed E-state index contributed by atoms with van der Waals surface area (Å²) in [7, 11) is 0. The molecule has 23 heavy (non-hydrogen) atoms. The average molecular weight is 307 g/mol. The van der Waals surface area contributed by atoms with E-state index in [9.17, 15) is 0 Å². The van der Waals surface area contributed by atoms with Crippen molar-refractivity contribution < 1.29 is 0 Å². The summed E-state index contributed by atoms with van der Waals surface area (Å²) in [5.74, 6) is 4.17. The molecule has 0 amide bonds. The number of allylic oxidation sites excluding steroid dienone is 7. The van der Waals surface area contributed by atoms with Crippen LogP contribution in [0.1, 0.15) is 40.0 Å². The standard InChI is InChI=1S/C22H29N/c1-7-9-10-21-18(6)19(8-2)11-12-22(21)20-13-17(5)14-23(15-20)16(3)4/h2,7,9-10,17,20H,1,3,11-15H2,4-6H3/b10-9-. The molecule has 0 aromatic rings. The number of nitrogens with zero attached hydrogens (tertiary/aromatic N) is 1. The van der Waals surface area contributed by atoms with E-state index in [1.165, 1.54) is 23.3 Å². The fraction of sp³-hybridized carbons (Fsp3) is 0.455. The topological polar surface area (TPSA) is 3.24 Å². The van der Waals surface area contributed by atoms with Crippen molar-refractivity contribution in [3.8, 4) is 12.3 Å². The van der Waals surface area contributed by atoms with Gasteiger partial charge >= 0.3 is 0 Å². The van der Waals surface area contributed by atoms with Crippen molar-refractivity contribution in [3.63, 3.8) is 0 Å². The minimum Gasteiger partial charge on any atom is -0.375 e. The zero-order chi connectivity index (χ0) is 17.0. The van der Waals surface area contributed by atoms with Gasteiger partial charge in [0.2, 0.25) is 0 Å². The molecule has 0 saturated carbocycles. The van der Waals surface area contributed by atoms with E-state index in [4.69, 9.17) is 6.42 Å². The molecule has 2 atom stereocenters. The lowest BCUT2D eigenvalue weighted by Crippen LogP contribution is -2.39. The Kier molecular flexibility index (Phi) is 5.72. The first-order valence-electron chi connectivity index (χ1n) is 8.57.